The van der Waals surface area contributed by atoms with Gasteiger partial charge in [-0.25, -0.2) is 74.8 Å². The molecule has 19 nitrogen and oxygen atoms in total. The lowest BCUT2D eigenvalue weighted by Gasteiger charge is -2.17. The van der Waals surface area contributed by atoms with Gasteiger partial charge in [-0.15, -0.1) is 0 Å². The van der Waals surface area contributed by atoms with Crippen molar-refractivity contribution in [3.63, 3.8) is 0 Å². The minimum Gasteiger partial charge on any atom is -0.309 e. The zero-order chi connectivity index (χ0) is 88.0. The fourth-order valence-corrected chi connectivity index (χ4v) is 17.1. The minimum atomic E-state index is 0.331. The average Bonchev–Trinajstić information content (AvgIpc) is 1.56. The zero-order valence-corrected chi connectivity index (χ0v) is 70.2. The largest absolute Gasteiger partial charge is 0.309 e. The van der Waals surface area contributed by atoms with Gasteiger partial charge in [-0.1, -0.05) is 303 Å². The van der Waals surface area contributed by atoms with Crippen molar-refractivity contribution in [2.24, 2.45) is 0 Å². The van der Waals surface area contributed by atoms with E-state index < -0.39 is 0 Å². The first-order valence-corrected chi connectivity index (χ1v) is 42.9. The second-order valence-corrected chi connectivity index (χ2v) is 31.7. The molecule has 0 fully saturated rings. The fourth-order valence-electron chi connectivity index (χ4n) is 17.1. The Hall–Kier alpha value is -18.9. The third-order valence-electron chi connectivity index (χ3n) is 23.5. The van der Waals surface area contributed by atoms with Gasteiger partial charge in [0.1, 0.15) is 6.07 Å². The Morgan fingerprint density at radius 1 is 0.152 bits per heavy atom. The molecule has 0 radical (unpaired) electrons. The van der Waals surface area contributed by atoms with Crippen molar-refractivity contribution in [1.82, 2.24) is 83.9 Å². The highest BCUT2D eigenvalue weighted by molar-refractivity contribution is 6.13. The number of hydrogen-bond acceptors (Lipinski definition) is 17. The molecule has 0 aliphatic carbocycles. The van der Waals surface area contributed by atoms with Gasteiger partial charge in [0.15, 0.2) is 87.4 Å². The first-order valence-electron chi connectivity index (χ1n) is 42.9. The van der Waals surface area contributed by atoms with Crippen LogP contribution in [0.4, 0.5) is 0 Å². The normalized spacial score (nSPS) is 11.3. The second kappa shape index (κ2) is 33.6. The molecule has 16 aromatic carbocycles. The molecule has 0 spiro atoms. The summed E-state index contributed by atoms with van der Waals surface area (Å²) in [5.74, 6) is 7.10. The summed E-state index contributed by atoms with van der Waals surface area (Å²) in [6, 6.07) is 139. The Kier molecular flexibility index (Phi) is 19.8. The molecule has 0 saturated carbocycles. The van der Waals surface area contributed by atoms with Crippen LogP contribution in [0.3, 0.4) is 0 Å². The molecule has 23 aromatic rings. The van der Waals surface area contributed by atoms with E-state index in [4.69, 9.17) is 74.8 Å². The van der Waals surface area contributed by atoms with E-state index in [0.717, 1.165) is 122 Å². The number of fused-ring (bicyclic) bond motifs is 6. The van der Waals surface area contributed by atoms with Gasteiger partial charge in [0.05, 0.1) is 50.6 Å². The summed E-state index contributed by atoms with van der Waals surface area (Å²) < 4.78 is 4.37. The molecule has 19 heteroatoms. The van der Waals surface area contributed by atoms with Gasteiger partial charge in [-0.05, 0) is 103 Å². The molecule has 0 aliphatic heterocycles. The van der Waals surface area contributed by atoms with Crippen LogP contribution in [0.25, 0.3) is 237 Å². The van der Waals surface area contributed by atoms with Gasteiger partial charge in [-0.2, -0.15) is 10.5 Å². The first-order chi connectivity index (χ1) is 65.3. The van der Waals surface area contributed by atoms with Crippen LogP contribution >= 0.6 is 0 Å². The molecule has 7 heterocycles. The van der Waals surface area contributed by atoms with Crippen LogP contribution in [0.1, 0.15) is 11.1 Å². The van der Waals surface area contributed by atoms with Crippen molar-refractivity contribution in [2.45, 2.75) is 0 Å². The number of nitriles is 2. The predicted molar refractivity (Wildman–Crippen MR) is 518 cm³/mol. The van der Waals surface area contributed by atoms with E-state index in [2.05, 4.69) is 88.0 Å². The topological polar surface area (TPSA) is 251 Å². The molecule has 23 rings (SSSR count). The zero-order valence-electron chi connectivity index (χ0n) is 70.2. The van der Waals surface area contributed by atoms with Crippen LogP contribution < -0.4 is 0 Å². The molecular weight excluding hydrogens is 1620 g/mol. The Morgan fingerprint density at radius 2 is 0.341 bits per heavy atom. The highest BCUT2D eigenvalue weighted by Gasteiger charge is 2.27. The maximum atomic E-state index is 11.6. The van der Waals surface area contributed by atoms with Gasteiger partial charge >= 0.3 is 0 Å². The molecule has 0 unspecified atom stereocenters. The monoisotopic (exact) mass is 1690 g/mol. The highest BCUT2D eigenvalue weighted by atomic mass is 15.1. The predicted octanol–water partition coefficient (Wildman–Crippen LogP) is 25.2. The summed E-state index contributed by atoms with van der Waals surface area (Å²) >= 11 is 0. The summed E-state index contributed by atoms with van der Waals surface area (Å²) in [4.78, 5) is 78.5. The molecular formula is C113H67N19. The second-order valence-electron chi connectivity index (χ2n) is 31.7. The van der Waals surface area contributed by atoms with Crippen molar-refractivity contribution in [2.75, 3.05) is 0 Å². The van der Waals surface area contributed by atoms with E-state index in [-0.39, 0.29) is 0 Å². The SMILES string of the molecule is N#Cc1ccccc1-c1ccc(-c2nc(-c3ccccc3)nc(-c3ccc(C#N)c(-n4c5ccc(-c6nc(-c7ccccc7)nc(-c7ccccc7)n6)cc5c5cc(-c6nc(-c7ccccc7)nc(-c7ccccc7)n6)ccc54)c3)n2)cc1-n1c2ccc(-c3nc(-c4ccccc4)nc(-c4ccccc4)n3)cc2c2cc(-c3nc(-c4ccccc4)nc(-c4ccccc4)n3)ccc21. The first kappa shape index (κ1) is 77.9. The van der Waals surface area contributed by atoms with Crippen molar-refractivity contribution in [3.05, 3.63) is 418 Å². The van der Waals surface area contributed by atoms with Crippen LogP contribution in [-0.4, -0.2) is 83.9 Å². The van der Waals surface area contributed by atoms with Crippen LogP contribution in [0, 0.1) is 22.7 Å². The van der Waals surface area contributed by atoms with Gasteiger partial charge in [0.25, 0.3) is 0 Å². The summed E-state index contributed by atoms with van der Waals surface area (Å²) in [5, 5.41) is 26.1. The third-order valence-corrected chi connectivity index (χ3v) is 23.5. The van der Waals surface area contributed by atoms with Crippen molar-refractivity contribution >= 4 is 43.6 Å². The molecule has 0 amide bonds. The van der Waals surface area contributed by atoms with Crippen molar-refractivity contribution < 1.29 is 0 Å². The summed E-state index contributed by atoms with van der Waals surface area (Å²) in [7, 11) is 0. The minimum absolute atomic E-state index is 0.331. The lowest BCUT2D eigenvalue weighted by Crippen LogP contribution is -2.04. The van der Waals surface area contributed by atoms with Gasteiger partial charge < -0.3 is 9.13 Å². The van der Waals surface area contributed by atoms with E-state index >= 15 is 0 Å². The Balaban J connectivity index is 0.726. The Bertz CT molecular complexity index is 7910. The van der Waals surface area contributed by atoms with Gasteiger partial charge in [-0.3, -0.25) is 0 Å². The van der Waals surface area contributed by atoms with E-state index in [9.17, 15) is 10.5 Å². The number of benzene rings is 16. The number of rotatable bonds is 18. The third kappa shape index (κ3) is 14.8. The Morgan fingerprint density at radius 3 is 0.583 bits per heavy atom. The number of aromatic nitrogens is 17. The highest BCUT2D eigenvalue weighted by Crippen LogP contribution is 2.45. The van der Waals surface area contributed by atoms with Crippen molar-refractivity contribution in [3.8, 4) is 205 Å². The number of hydrogen-bond donors (Lipinski definition) is 0. The van der Waals surface area contributed by atoms with Gasteiger partial charge in [0, 0.05) is 116 Å². The Labute approximate surface area is 756 Å². The van der Waals surface area contributed by atoms with Crippen LogP contribution in [-0.2, 0) is 0 Å². The van der Waals surface area contributed by atoms with Crippen LogP contribution in [0.2, 0.25) is 0 Å². The van der Waals surface area contributed by atoms with E-state index in [1.807, 2.05) is 340 Å². The molecule has 0 bridgehead atoms. The summed E-state index contributed by atoms with van der Waals surface area (Å²) in [6.45, 7) is 0. The molecule has 0 atom stereocenters. The fraction of sp³-hybridized carbons (Fsp3) is 0. The molecule has 0 aliphatic rings. The standard InChI is InChI=1S/C113H67N19/c114-68-85-48-28-29-49-87(85)88-57-52-84(67-98(88)132-95-60-55-81(110-124-103(74-38-18-5-19-39-74)118-104(125-110)75-40-20-6-21-41-75)64-91(95)92-65-82(56-61-96(92)132)111-126-105(76-42-22-7-23-43-76)119-106(127-111)77-44-24-8-25-45-77)113-129-107(78-46-26-9-27-47-78)128-112(130-113)83-50-51-86(69-115)97(66-83)131-93-58-53-79(108-120-99(70-30-10-1-11-31-70)116-100(121-108)71-32-12-2-13-33-71)62-89(93)90-63-80(54-59-94(90)131)109-122-101(72-34-14-3-15-35-72)117-102(123-109)73-36-16-4-17-37-73/h1-67H. The molecule has 614 valence electrons. The smallest absolute Gasteiger partial charge is 0.164 e. The molecule has 132 heavy (non-hydrogen) atoms. The van der Waals surface area contributed by atoms with Crippen LogP contribution in [0.15, 0.2) is 406 Å². The maximum Gasteiger partial charge on any atom is 0.164 e. The average molecular weight is 1690 g/mol. The molecule has 0 saturated heterocycles. The van der Waals surface area contributed by atoms with Gasteiger partial charge in [0.2, 0.25) is 0 Å². The molecule has 7 aromatic heterocycles. The van der Waals surface area contributed by atoms with Crippen molar-refractivity contribution in [1.29, 1.82) is 10.5 Å². The van der Waals surface area contributed by atoms with E-state index in [0.29, 0.717) is 127 Å². The lowest BCUT2D eigenvalue weighted by atomic mass is 9.96. The number of nitrogens with zero attached hydrogens (tertiary/aromatic N) is 19. The lowest BCUT2D eigenvalue weighted by molar-refractivity contribution is 1.07. The quantitative estimate of drug-likeness (QED) is 0.0774. The van der Waals surface area contributed by atoms with E-state index in [1.165, 1.54) is 0 Å². The maximum absolute atomic E-state index is 11.6. The molecule has 0 N–H and O–H groups in total. The van der Waals surface area contributed by atoms with E-state index in [1.54, 1.807) is 0 Å². The van der Waals surface area contributed by atoms with Crippen LogP contribution in [0.5, 0.6) is 0 Å². The summed E-state index contributed by atoms with van der Waals surface area (Å²) in [6.07, 6.45) is 0. The summed E-state index contributed by atoms with van der Waals surface area (Å²) in [5.41, 5.74) is 18.3.